The number of nitrogens with two attached hydrogens (primary N) is 1. The average molecular weight is 477 g/mol. The van der Waals surface area contributed by atoms with Crippen molar-refractivity contribution in [1.82, 2.24) is 34.2 Å². The molecule has 180 valence electrons. The number of hydrogen-bond donors (Lipinski definition) is 1. The average Bonchev–Trinajstić information content (AvgIpc) is 3.67. The number of nitrogens with zero attached hydrogens (tertiary/aromatic N) is 7. The van der Waals surface area contributed by atoms with Gasteiger partial charge in [-0.15, -0.1) is 0 Å². The van der Waals surface area contributed by atoms with Crippen molar-refractivity contribution in [2.75, 3.05) is 18.8 Å². The molecule has 0 radical (unpaired) electrons. The third kappa shape index (κ3) is 3.48. The van der Waals surface area contributed by atoms with Gasteiger partial charge in [-0.2, -0.15) is 5.10 Å². The van der Waals surface area contributed by atoms with E-state index in [1.807, 2.05) is 36.5 Å². The first-order valence-corrected chi connectivity index (χ1v) is 12.7. The van der Waals surface area contributed by atoms with Crippen molar-refractivity contribution in [2.24, 2.45) is 0 Å². The maximum absolute atomic E-state index is 6.31. The fourth-order valence-electron chi connectivity index (χ4n) is 5.84. The normalized spacial score (nSPS) is 18.1. The van der Waals surface area contributed by atoms with E-state index in [9.17, 15) is 0 Å². The van der Waals surface area contributed by atoms with Gasteiger partial charge in [0, 0.05) is 30.3 Å². The van der Waals surface area contributed by atoms with Crippen molar-refractivity contribution >= 4 is 17.0 Å². The van der Waals surface area contributed by atoms with E-state index in [1.54, 1.807) is 17.1 Å². The molecular weight excluding hydrogens is 448 g/mol. The summed E-state index contributed by atoms with van der Waals surface area (Å²) in [5, 5.41) is 4.36. The van der Waals surface area contributed by atoms with Crippen molar-refractivity contribution in [3.05, 3.63) is 78.2 Å². The molecule has 8 heteroatoms. The lowest BCUT2D eigenvalue weighted by Gasteiger charge is -2.32. The molecular formula is C28H28N8. The van der Waals surface area contributed by atoms with Crippen LogP contribution < -0.4 is 5.73 Å². The van der Waals surface area contributed by atoms with Crippen LogP contribution in [0.3, 0.4) is 0 Å². The molecule has 2 N–H and O–H groups in total. The van der Waals surface area contributed by atoms with Gasteiger partial charge in [-0.3, -0.25) is 9.47 Å². The van der Waals surface area contributed by atoms with Crippen molar-refractivity contribution in [1.29, 1.82) is 0 Å². The lowest BCUT2D eigenvalue weighted by atomic mass is 10.0. The fraction of sp³-hybridized carbons (Fsp3) is 0.286. The number of pyridine rings is 2. The first-order valence-electron chi connectivity index (χ1n) is 12.7. The van der Waals surface area contributed by atoms with Crippen LogP contribution in [0.4, 0.5) is 5.82 Å². The van der Waals surface area contributed by atoms with Crippen molar-refractivity contribution in [2.45, 2.75) is 38.1 Å². The highest BCUT2D eigenvalue weighted by Crippen LogP contribution is 2.39. The van der Waals surface area contributed by atoms with Gasteiger partial charge < -0.3 is 5.73 Å². The molecule has 2 aliphatic rings. The molecule has 0 spiro atoms. The molecule has 1 aliphatic heterocycles. The summed E-state index contributed by atoms with van der Waals surface area (Å²) in [4.78, 5) is 17.0. The molecule has 0 saturated carbocycles. The van der Waals surface area contributed by atoms with E-state index in [0.29, 0.717) is 11.9 Å². The predicted octanol–water partition coefficient (Wildman–Crippen LogP) is 4.72. The van der Waals surface area contributed by atoms with Crippen molar-refractivity contribution < 1.29 is 0 Å². The van der Waals surface area contributed by atoms with Gasteiger partial charge in [-0.05, 0) is 92.4 Å². The largest absolute Gasteiger partial charge is 0.383 e. The summed E-state index contributed by atoms with van der Waals surface area (Å²) in [5.74, 6) is 1.93. The zero-order valence-electron chi connectivity index (χ0n) is 20.1. The Morgan fingerprint density at radius 1 is 0.917 bits per heavy atom. The van der Waals surface area contributed by atoms with Gasteiger partial charge >= 0.3 is 0 Å². The van der Waals surface area contributed by atoms with Gasteiger partial charge in [-0.25, -0.2) is 19.6 Å². The molecule has 0 bridgehead atoms. The Labute approximate surface area is 209 Å². The lowest BCUT2D eigenvalue weighted by molar-refractivity contribution is 0.163. The van der Waals surface area contributed by atoms with Crippen LogP contribution in [0.2, 0.25) is 0 Å². The van der Waals surface area contributed by atoms with Gasteiger partial charge in [0.1, 0.15) is 11.3 Å². The number of benzene rings is 1. The Balaban J connectivity index is 1.39. The smallest absolute Gasteiger partial charge is 0.167 e. The molecule has 0 amide bonds. The first kappa shape index (κ1) is 21.3. The highest BCUT2D eigenvalue weighted by molar-refractivity contribution is 5.83. The minimum atomic E-state index is 0.452. The fourth-order valence-corrected chi connectivity index (χ4v) is 5.84. The second-order valence-corrected chi connectivity index (χ2v) is 9.70. The van der Waals surface area contributed by atoms with Gasteiger partial charge in [0.05, 0.1) is 5.56 Å². The Morgan fingerprint density at radius 2 is 1.83 bits per heavy atom. The molecule has 4 aromatic heterocycles. The topological polar surface area (TPSA) is 90.7 Å². The van der Waals surface area contributed by atoms with Gasteiger partial charge in [0.25, 0.3) is 0 Å². The molecule has 0 unspecified atom stereocenters. The number of hydrogen-bond acceptors (Lipinski definition) is 6. The van der Waals surface area contributed by atoms with Crippen LogP contribution in [-0.4, -0.2) is 47.3 Å². The van der Waals surface area contributed by atoms with Gasteiger partial charge in [0.15, 0.2) is 17.3 Å². The predicted molar refractivity (Wildman–Crippen MR) is 140 cm³/mol. The Bertz CT molecular complexity index is 1550. The summed E-state index contributed by atoms with van der Waals surface area (Å²) in [5.41, 5.74) is 12.6. The quantitative estimate of drug-likeness (QED) is 0.404. The number of anilines is 1. The monoisotopic (exact) mass is 476 g/mol. The molecule has 1 atom stereocenters. The van der Waals surface area contributed by atoms with E-state index in [1.165, 1.54) is 49.9 Å². The van der Waals surface area contributed by atoms with Gasteiger partial charge in [0.2, 0.25) is 0 Å². The molecule has 1 saturated heterocycles. The van der Waals surface area contributed by atoms with Crippen LogP contribution in [-0.2, 0) is 6.42 Å². The summed E-state index contributed by atoms with van der Waals surface area (Å²) in [6.07, 6.45) is 11.6. The highest BCUT2D eigenvalue weighted by Gasteiger charge is 2.29. The second-order valence-electron chi connectivity index (χ2n) is 9.70. The zero-order valence-corrected chi connectivity index (χ0v) is 20.1. The number of rotatable bonds is 4. The third-order valence-corrected chi connectivity index (χ3v) is 7.57. The SMILES string of the molecule is Nc1ncccc1-c1nc2ccc(-n3cccn3)nc2n1-c1ccc2c(c1)CC[C@@H]2N1CCCCC1. The number of likely N-dealkylation sites (tertiary alicyclic amines) is 1. The van der Waals surface area contributed by atoms with E-state index in [2.05, 4.69) is 37.7 Å². The Kier molecular flexibility index (Phi) is 5.06. The number of aromatic nitrogens is 6. The molecule has 1 fully saturated rings. The lowest BCUT2D eigenvalue weighted by Crippen LogP contribution is -2.32. The highest BCUT2D eigenvalue weighted by atomic mass is 15.3. The van der Waals surface area contributed by atoms with Gasteiger partial charge in [-0.1, -0.05) is 12.5 Å². The molecule has 5 heterocycles. The van der Waals surface area contributed by atoms with Crippen LogP contribution in [0.15, 0.2) is 67.1 Å². The number of fused-ring (bicyclic) bond motifs is 2. The Morgan fingerprint density at radius 3 is 2.67 bits per heavy atom. The third-order valence-electron chi connectivity index (χ3n) is 7.57. The minimum absolute atomic E-state index is 0.452. The van der Waals surface area contributed by atoms with E-state index in [0.717, 1.165) is 40.5 Å². The molecule has 8 nitrogen and oxygen atoms in total. The molecule has 1 aromatic carbocycles. The maximum atomic E-state index is 6.31. The zero-order chi connectivity index (χ0) is 24.1. The summed E-state index contributed by atoms with van der Waals surface area (Å²) < 4.78 is 3.88. The molecule has 36 heavy (non-hydrogen) atoms. The molecule has 5 aromatic rings. The standard InChI is InChI=1S/C28H28N8/c29-26-22(6-4-13-30-26)27-32-23-10-12-25(35-17-5-14-31-35)33-28(23)36(27)20-8-9-21-19(18-20)7-11-24(21)34-15-2-1-3-16-34/h4-6,8-10,12-14,17-18,24H,1-3,7,11,15-16H2,(H2,29,30)/t24-/m0/s1. The number of piperidine rings is 1. The second kappa shape index (κ2) is 8.57. The van der Waals surface area contributed by atoms with Crippen LogP contribution in [0.5, 0.6) is 0 Å². The summed E-state index contributed by atoms with van der Waals surface area (Å²) in [6.45, 7) is 2.42. The maximum Gasteiger partial charge on any atom is 0.167 e. The summed E-state index contributed by atoms with van der Waals surface area (Å²) >= 11 is 0. The van der Waals surface area contributed by atoms with Crippen LogP contribution in [0.1, 0.15) is 42.9 Å². The van der Waals surface area contributed by atoms with Crippen LogP contribution in [0, 0.1) is 0 Å². The van der Waals surface area contributed by atoms with Crippen LogP contribution in [0.25, 0.3) is 34.1 Å². The first-order chi connectivity index (χ1) is 17.8. The Hall–Kier alpha value is -4.04. The summed E-state index contributed by atoms with van der Waals surface area (Å²) in [7, 11) is 0. The van der Waals surface area contributed by atoms with Crippen molar-refractivity contribution in [3.63, 3.8) is 0 Å². The number of nitrogen functional groups attached to an aromatic ring is 1. The number of aryl methyl sites for hydroxylation is 1. The minimum Gasteiger partial charge on any atom is -0.383 e. The van der Waals surface area contributed by atoms with Crippen LogP contribution >= 0.6 is 0 Å². The molecule has 1 aliphatic carbocycles. The van der Waals surface area contributed by atoms with E-state index < -0.39 is 0 Å². The van der Waals surface area contributed by atoms with E-state index >= 15 is 0 Å². The summed E-state index contributed by atoms with van der Waals surface area (Å²) in [6, 6.07) is 17.1. The van der Waals surface area contributed by atoms with E-state index in [-0.39, 0.29) is 0 Å². The van der Waals surface area contributed by atoms with E-state index in [4.69, 9.17) is 15.7 Å². The van der Waals surface area contributed by atoms with Crippen molar-refractivity contribution in [3.8, 4) is 22.9 Å². The molecule has 7 rings (SSSR count). The number of imidazole rings is 1.